The number of likely N-dealkylation sites (N-methyl/N-ethyl adjacent to an activating group) is 1. The summed E-state index contributed by atoms with van der Waals surface area (Å²) in [5.41, 5.74) is 6.16. The van der Waals surface area contributed by atoms with Crippen LogP contribution in [-0.4, -0.2) is 55.0 Å². The van der Waals surface area contributed by atoms with Gasteiger partial charge in [-0.15, -0.1) is 0 Å². The molecule has 1 amide bonds. The van der Waals surface area contributed by atoms with Gasteiger partial charge in [0.05, 0.1) is 0 Å². The van der Waals surface area contributed by atoms with Crippen LogP contribution in [0, 0.1) is 17.8 Å². The van der Waals surface area contributed by atoms with Crippen molar-refractivity contribution in [2.75, 3.05) is 27.2 Å². The third kappa shape index (κ3) is 3.11. The van der Waals surface area contributed by atoms with Crippen LogP contribution < -0.4 is 5.73 Å². The number of hydrogen-bond acceptors (Lipinski definition) is 3. The van der Waals surface area contributed by atoms with Gasteiger partial charge in [0, 0.05) is 31.1 Å². The van der Waals surface area contributed by atoms with E-state index < -0.39 is 0 Å². The maximum Gasteiger partial charge on any atom is 0.226 e. The minimum absolute atomic E-state index is 0.145. The van der Waals surface area contributed by atoms with E-state index in [1.54, 1.807) is 0 Å². The molecule has 19 heavy (non-hydrogen) atoms. The van der Waals surface area contributed by atoms with Gasteiger partial charge in [-0.2, -0.15) is 0 Å². The lowest BCUT2D eigenvalue weighted by Crippen LogP contribution is -2.46. The molecule has 1 saturated carbocycles. The van der Waals surface area contributed by atoms with Gasteiger partial charge in [0.2, 0.25) is 5.91 Å². The fourth-order valence-corrected chi connectivity index (χ4v) is 3.63. The Bertz CT molecular complexity index is 331. The molecule has 4 nitrogen and oxygen atoms in total. The molecule has 2 N–H and O–H groups in total. The highest BCUT2D eigenvalue weighted by molar-refractivity contribution is 5.79. The first kappa shape index (κ1) is 14.8. The molecule has 2 fully saturated rings. The van der Waals surface area contributed by atoms with Crippen LogP contribution in [0.1, 0.15) is 33.1 Å². The summed E-state index contributed by atoms with van der Waals surface area (Å²) in [6.07, 6.45) is 3.05. The molecule has 4 heteroatoms. The Balaban J connectivity index is 1.96. The van der Waals surface area contributed by atoms with Gasteiger partial charge in [0.1, 0.15) is 0 Å². The summed E-state index contributed by atoms with van der Waals surface area (Å²) in [5.74, 6) is 1.51. The van der Waals surface area contributed by atoms with Crippen LogP contribution in [-0.2, 0) is 4.79 Å². The van der Waals surface area contributed by atoms with Crippen LogP contribution in [0.25, 0.3) is 0 Å². The maximum atomic E-state index is 12.7. The van der Waals surface area contributed by atoms with Crippen molar-refractivity contribution in [1.29, 1.82) is 0 Å². The smallest absolute Gasteiger partial charge is 0.226 e. The molecule has 0 radical (unpaired) electrons. The van der Waals surface area contributed by atoms with Crippen molar-refractivity contribution in [2.45, 2.75) is 45.2 Å². The Morgan fingerprint density at radius 2 is 1.89 bits per heavy atom. The lowest BCUT2D eigenvalue weighted by atomic mass is 9.72. The number of hydrogen-bond donors (Lipinski definition) is 1. The molecule has 1 heterocycles. The van der Waals surface area contributed by atoms with Crippen molar-refractivity contribution < 1.29 is 4.79 Å². The molecule has 5 atom stereocenters. The Kier molecular flexibility index (Phi) is 4.51. The van der Waals surface area contributed by atoms with Gasteiger partial charge in [-0.3, -0.25) is 4.79 Å². The molecule has 0 bridgehead atoms. The van der Waals surface area contributed by atoms with Crippen LogP contribution in [0.4, 0.5) is 0 Å². The lowest BCUT2D eigenvalue weighted by molar-refractivity contribution is -0.138. The van der Waals surface area contributed by atoms with Gasteiger partial charge in [-0.1, -0.05) is 13.8 Å². The van der Waals surface area contributed by atoms with Crippen LogP contribution in [0.15, 0.2) is 0 Å². The van der Waals surface area contributed by atoms with Crippen LogP contribution in [0.3, 0.4) is 0 Å². The predicted octanol–water partition coefficient (Wildman–Crippen LogP) is 1.16. The van der Waals surface area contributed by atoms with E-state index in [1.165, 1.54) is 0 Å². The second-order valence-corrected chi connectivity index (χ2v) is 6.89. The first-order valence-corrected chi connectivity index (χ1v) is 7.61. The molecule has 0 aromatic heterocycles. The average Bonchev–Trinajstić information content (AvgIpc) is 2.82. The number of rotatable bonds is 2. The van der Waals surface area contributed by atoms with Crippen LogP contribution >= 0.6 is 0 Å². The summed E-state index contributed by atoms with van der Waals surface area (Å²) in [6.45, 7) is 6.22. The number of amides is 1. The van der Waals surface area contributed by atoms with Gasteiger partial charge in [0.15, 0.2) is 0 Å². The van der Waals surface area contributed by atoms with Crippen LogP contribution in [0.2, 0.25) is 0 Å². The van der Waals surface area contributed by atoms with Crippen molar-refractivity contribution in [3.05, 3.63) is 0 Å². The Morgan fingerprint density at radius 1 is 1.21 bits per heavy atom. The van der Waals surface area contributed by atoms with Crippen molar-refractivity contribution in [3.63, 3.8) is 0 Å². The second-order valence-electron chi connectivity index (χ2n) is 6.89. The fourth-order valence-electron chi connectivity index (χ4n) is 3.63. The zero-order valence-corrected chi connectivity index (χ0v) is 12.8. The molecule has 2 rings (SSSR count). The summed E-state index contributed by atoms with van der Waals surface area (Å²) in [6, 6.07) is 0.716. The van der Waals surface area contributed by atoms with Crippen molar-refractivity contribution in [3.8, 4) is 0 Å². The summed E-state index contributed by atoms with van der Waals surface area (Å²) in [5, 5.41) is 0. The molecule has 5 unspecified atom stereocenters. The van der Waals surface area contributed by atoms with Crippen molar-refractivity contribution >= 4 is 5.91 Å². The number of carbonyl (C=O) groups is 1. The van der Waals surface area contributed by atoms with Crippen molar-refractivity contribution in [2.24, 2.45) is 23.5 Å². The van der Waals surface area contributed by atoms with E-state index in [9.17, 15) is 4.79 Å². The van der Waals surface area contributed by atoms with E-state index in [-0.39, 0.29) is 12.0 Å². The Hall–Kier alpha value is -0.610. The molecule has 2 aliphatic rings. The van der Waals surface area contributed by atoms with Gasteiger partial charge in [-0.05, 0) is 45.2 Å². The Labute approximate surface area is 117 Å². The van der Waals surface area contributed by atoms with E-state index in [0.29, 0.717) is 23.8 Å². The second kappa shape index (κ2) is 5.80. The Morgan fingerprint density at radius 3 is 2.47 bits per heavy atom. The summed E-state index contributed by atoms with van der Waals surface area (Å²) in [4.78, 5) is 17.0. The average molecular weight is 267 g/mol. The van der Waals surface area contributed by atoms with Crippen molar-refractivity contribution in [1.82, 2.24) is 9.80 Å². The van der Waals surface area contributed by atoms with Gasteiger partial charge in [-0.25, -0.2) is 0 Å². The summed E-state index contributed by atoms with van der Waals surface area (Å²) in [7, 11) is 4.19. The highest BCUT2D eigenvalue weighted by atomic mass is 16.2. The standard InChI is InChI=1S/C15H29N3O/c1-10-7-11(2)14(16)8-13(10)15(19)18-6-5-12(9-18)17(3)4/h10-14H,5-9,16H2,1-4H3. The first-order valence-electron chi connectivity index (χ1n) is 7.61. The van der Waals surface area contributed by atoms with Gasteiger partial charge < -0.3 is 15.5 Å². The summed E-state index contributed by atoms with van der Waals surface area (Å²) < 4.78 is 0. The third-order valence-electron chi connectivity index (χ3n) is 5.21. The monoisotopic (exact) mass is 267 g/mol. The third-order valence-corrected chi connectivity index (χ3v) is 5.21. The van der Waals surface area contributed by atoms with Crippen LogP contribution in [0.5, 0.6) is 0 Å². The largest absolute Gasteiger partial charge is 0.341 e. The normalized spacial score (nSPS) is 39.9. The number of nitrogens with two attached hydrogens (primary N) is 1. The highest BCUT2D eigenvalue weighted by Crippen LogP contribution is 2.34. The SMILES string of the molecule is CC1CC(C)C(C(=O)N2CCC(N(C)C)C2)CC1N. The zero-order valence-electron chi connectivity index (χ0n) is 12.8. The molecule has 0 aromatic rings. The topological polar surface area (TPSA) is 49.6 Å². The zero-order chi connectivity index (χ0) is 14.2. The molecule has 1 aliphatic heterocycles. The fraction of sp³-hybridized carbons (Fsp3) is 0.933. The quantitative estimate of drug-likeness (QED) is 0.817. The van der Waals surface area contributed by atoms with E-state index in [4.69, 9.17) is 5.73 Å². The minimum atomic E-state index is 0.145. The summed E-state index contributed by atoms with van der Waals surface area (Å²) >= 11 is 0. The molecular weight excluding hydrogens is 238 g/mol. The lowest BCUT2D eigenvalue weighted by Gasteiger charge is -2.38. The predicted molar refractivity (Wildman–Crippen MR) is 77.7 cm³/mol. The van der Waals surface area contributed by atoms with E-state index in [1.807, 2.05) is 0 Å². The first-order chi connectivity index (χ1) is 8.90. The number of carbonyl (C=O) groups excluding carboxylic acids is 1. The molecule has 0 aromatic carbocycles. The number of likely N-dealkylation sites (tertiary alicyclic amines) is 1. The number of nitrogens with zero attached hydrogens (tertiary/aromatic N) is 2. The maximum absolute atomic E-state index is 12.7. The van der Waals surface area contributed by atoms with E-state index >= 15 is 0 Å². The van der Waals surface area contributed by atoms with E-state index in [0.717, 1.165) is 32.4 Å². The molecule has 1 aliphatic carbocycles. The van der Waals surface area contributed by atoms with Gasteiger partial charge >= 0.3 is 0 Å². The molecule has 0 spiro atoms. The molecular formula is C15H29N3O. The van der Waals surface area contributed by atoms with Gasteiger partial charge in [0.25, 0.3) is 0 Å². The minimum Gasteiger partial charge on any atom is -0.341 e. The van der Waals surface area contributed by atoms with E-state index in [2.05, 4.69) is 37.7 Å². The highest BCUT2D eigenvalue weighted by Gasteiger charge is 2.39. The molecule has 1 saturated heterocycles. The molecule has 110 valence electrons.